The number of rotatable bonds is 4. The quantitative estimate of drug-likeness (QED) is 0.773. The molecule has 15 heavy (non-hydrogen) atoms. The predicted molar refractivity (Wildman–Crippen MR) is 52.8 cm³/mol. The maximum Gasteiger partial charge on any atom is 0.253 e. The zero-order valence-electron chi connectivity index (χ0n) is 8.40. The Morgan fingerprint density at radius 3 is 2.93 bits per heavy atom. The molecule has 1 aromatic heterocycles. The molecule has 0 aliphatic heterocycles. The van der Waals surface area contributed by atoms with Crippen LogP contribution >= 0.6 is 0 Å². The summed E-state index contributed by atoms with van der Waals surface area (Å²) >= 11 is 0. The molecule has 2 N–H and O–H groups in total. The summed E-state index contributed by atoms with van der Waals surface area (Å²) in [6.07, 6.45) is 2.92. The van der Waals surface area contributed by atoms with Gasteiger partial charge in [0.2, 0.25) is 0 Å². The van der Waals surface area contributed by atoms with E-state index in [0.29, 0.717) is 6.42 Å². The second-order valence-corrected chi connectivity index (χ2v) is 3.15. The summed E-state index contributed by atoms with van der Waals surface area (Å²) < 4.78 is 12.7. The molecule has 0 bridgehead atoms. The molecule has 82 valence electrons. The van der Waals surface area contributed by atoms with E-state index in [1.54, 1.807) is 0 Å². The van der Waals surface area contributed by atoms with E-state index >= 15 is 0 Å². The molecule has 5 heteroatoms. The van der Waals surface area contributed by atoms with E-state index in [0.717, 1.165) is 12.3 Å². The molecule has 0 unspecified atom stereocenters. The van der Waals surface area contributed by atoms with Crippen molar-refractivity contribution in [1.29, 1.82) is 0 Å². The summed E-state index contributed by atoms with van der Waals surface area (Å²) in [5.74, 6) is -0.984. The van der Waals surface area contributed by atoms with E-state index < -0.39 is 11.7 Å². The zero-order valence-corrected chi connectivity index (χ0v) is 8.40. The Morgan fingerprint density at radius 1 is 1.67 bits per heavy atom. The molecule has 1 amide bonds. The van der Waals surface area contributed by atoms with E-state index in [1.807, 2.05) is 6.92 Å². The van der Waals surface area contributed by atoms with E-state index in [4.69, 9.17) is 5.11 Å². The molecule has 4 nitrogen and oxygen atoms in total. The number of halogens is 1. The number of nitrogens with one attached hydrogen (secondary N) is 1. The SMILES string of the molecule is CC[C@@H](CO)NC(=O)c1cncc(F)c1. The number of nitrogens with zero attached hydrogens (tertiary/aromatic N) is 1. The average Bonchev–Trinajstić information content (AvgIpc) is 2.25. The van der Waals surface area contributed by atoms with Gasteiger partial charge in [0.1, 0.15) is 5.82 Å². The van der Waals surface area contributed by atoms with Crippen molar-refractivity contribution < 1.29 is 14.3 Å². The van der Waals surface area contributed by atoms with Crippen LogP contribution in [-0.2, 0) is 0 Å². The third-order valence-electron chi connectivity index (χ3n) is 2.02. The summed E-state index contributed by atoms with van der Waals surface area (Å²) in [4.78, 5) is 15.1. The summed E-state index contributed by atoms with van der Waals surface area (Å²) in [6.45, 7) is 1.70. The first kappa shape index (κ1) is 11.6. The second-order valence-electron chi connectivity index (χ2n) is 3.15. The fraction of sp³-hybridized carbons (Fsp3) is 0.400. The van der Waals surface area contributed by atoms with Gasteiger partial charge in [-0.05, 0) is 12.5 Å². The van der Waals surface area contributed by atoms with Gasteiger partial charge < -0.3 is 10.4 Å². The molecule has 0 fully saturated rings. The normalized spacial score (nSPS) is 12.2. The first-order chi connectivity index (χ1) is 7.17. The lowest BCUT2D eigenvalue weighted by atomic mass is 10.2. The largest absolute Gasteiger partial charge is 0.394 e. The first-order valence-electron chi connectivity index (χ1n) is 4.69. The molecular formula is C10H13FN2O2. The Hall–Kier alpha value is -1.49. The predicted octanol–water partition coefficient (Wildman–Crippen LogP) is 0.721. The van der Waals surface area contributed by atoms with E-state index in [9.17, 15) is 9.18 Å². The van der Waals surface area contributed by atoms with Gasteiger partial charge >= 0.3 is 0 Å². The maximum absolute atomic E-state index is 12.7. The molecule has 0 aromatic carbocycles. The van der Waals surface area contributed by atoms with Gasteiger partial charge in [0, 0.05) is 6.20 Å². The van der Waals surface area contributed by atoms with Crippen LogP contribution in [-0.4, -0.2) is 28.6 Å². The Kier molecular flexibility index (Phi) is 4.17. The number of aliphatic hydroxyl groups is 1. The third kappa shape index (κ3) is 3.28. The van der Waals surface area contributed by atoms with Crippen molar-refractivity contribution in [3.05, 3.63) is 29.8 Å². The molecule has 0 aliphatic carbocycles. The molecule has 1 atom stereocenters. The van der Waals surface area contributed by atoms with Gasteiger partial charge in [0.25, 0.3) is 5.91 Å². The number of pyridine rings is 1. The number of hydrogen-bond donors (Lipinski definition) is 2. The highest BCUT2D eigenvalue weighted by Gasteiger charge is 2.11. The van der Waals surface area contributed by atoms with Crippen LogP contribution < -0.4 is 5.32 Å². The summed E-state index contributed by atoms with van der Waals surface area (Å²) in [7, 11) is 0. The molecule has 0 radical (unpaired) electrons. The van der Waals surface area contributed by atoms with Gasteiger partial charge in [-0.15, -0.1) is 0 Å². The molecular weight excluding hydrogens is 199 g/mol. The van der Waals surface area contributed by atoms with E-state index in [-0.39, 0.29) is 18.2 Å². The fourth-order valence-electron chi connectivity index (χ4n) is 1.08. The van der Waals surface area contributed by atoms with Crippen molar-refractivity contribution >= 4 is 5.91 Å². The van der Waals surface area contributed by atoms with Gasteiger partial charge in [0.15, 0.2) is 0 Å². The van der Waals surface area contributed by atoms with Gasteiger partial charge in [-0.1, -0.05) is 6.92 Å². The third-order valence-corrected chi connectivity index (χ3v) is 2.02. The van der Waals surface area contributed by atoms with Crippen molar-refractivity contribution in [3.63, 3.8) is 0 Å². The van der Waals surface area contributed by atoms with Crippen molar-refractivity contribution in [2.75, 3.05) is 6.61 Å². The topological polar surface area (TPSA) is 62.2 Å². The molecule has 0 spiro atoms. The number of aliphatic hydroxyl groups excluding tert-OH is 1. The lowest BCUT2D eigenvalue weighted by molar-refractivity contribution is 0.0914. The van der Waals surface area contributed by atoms with E-state index in [1.165, 1.54) is 6.20 Å². The summed E-state index contributed by atoms with van der Waals surface area (Å²) in [5, 5.41) is 11.4. The monoisotopic (exact) mass is 212 g/mol. The second kappa shape index (κ2) is 5.41. The van der Waals surface area contributed by atoms with Gasteiger partial charge in [0.05, 0.1) is 24.4 Å². The lowest BCUT2D eigenvalue weighted by Gasteiger charge is -2.13. The van der Waals surface area contributed by atoms with Gasteiger partial charge in [-0.3, -0.25) is 9.78 Å². The maximum atomic E-state index is 12.7. The first-order valence-corrected chi connectivity index (χ1v) is 4.69. The van der Waals surface area contributed by atoms with Crippen LogP contribution in [0.15, 0.2) is 18.5 Å². The molecule has 1 heterocycles. The highest BCUT2D eigenvalue weighted by Crippen LogP contribution is 2.01. The van der Waals surface area contributed by atoms with Crippen LogP contribution in [0.3, 0.4) is 0 Å². The highest BCUT2D eigenvalue weighted by atomic mass is 19.1. The Bertz CT molecular complexity index is 340. The highest BCUT2D eigenvalue weighted by molar-refractivity contribution is 5.94. The van der Waals surface area contributed by atoms with Crippen molar-refractivity contribution in [2.45, 2.75) is 19.4 Å². The molecule has 0 saturated heterocycles. The minimum atomic E-state index is -0.556. The number of amides is 1. The number of carbonyl (C=O) groups excluding carboxylic acids is 1. The lowest BCUT2D eigenvalue weighted by Crippen LogP contribution is -2.37. The van der Waals surface area contributed by atoms with Gasteiger partial charge in [-0.2, -0.15) is 0 Å². The van der Waals surface area contributed by atoms with Crippen LogP contribution in [0.4, 0.5) is 4.39 Å². The van der Waals surface area contributed by atoms with Crippen LogP contribution in [0.1, 0.15) is 23.7 Å². The minimum absolute atomic E-state index is 0.134. The minimum Gasteiger partial charge on any atom is -0.394 e. The molecule has 0 aliphatic rings. The molecule has 1 aromatic rings. The molecule has 1 rings (SSSR count). The summed E-state index contributed by atoms with van der Waals surface area (Å²) in [5.41, 5.74) is 0.155. The number of aromatic nitrogens is 1. The summed E-state index contributed by atoms with van der Waals surface area (Å²) in [6, 6.07) is 0.799. The Balaban J connectivity index is 2.68. The zero-order chi connectivity index (χ0) is 11.3. The van der Waals surface area contributed by atoms with E-state index in [2.05, 4.69) is 10.3 Å². The molecule has 0 saturated carbocycles. The standard InChI is InChI=1S/C10H13FN2O2/c1-2-9(6-14)13-10(15)7-3-8(11)5-12-4-7/h3-5,9,14H,2,6H2,1H3,(H,13,15)/t9-/m0/s1. The van der Waals surface area contributed by atoms with Crippen molar-refractivity contribution in [3.8, 4) is 0 Å². The Labute approximate surface area is 87.1 Å². The average molecular weight is 212 g/mol. The Morgan fingerprint density at radius 2 is 2.40 bits per heavy atom. The number of carbonyl (C=O) groups is 1. The van der Waals surface area contributed by atoms with Crippen molar-refractivity contribution in [2.24, 2.45) is 0 Å². The smallest absolute Gasteiger partial charge is 0.253 e. The van der Waals surface area contributed by atoms with Crippen LogP contribution in [0.5, 0.6) is 0 Å². The number of hydrogen-bond acceptors (Lipinski definition) is 3. The van der Waals surface area contributed by atoms with Crippen LogP contribution in [0.2, 0.25) is 0 Å². The van der Waals surface area contributed by atoms with Crippen LogP contribution in [0.25, 0.3) is 0 Å². The van der Waals surface area contributed by atoms with Crippen LogP contribution in [0, 0.1) is 5.82 Å². The fourth-order valence-corrected chi connectivity index (χ4v) is 1.08. The van der Waals surface area contributed by atoms with Crippen molar-refractivity contribution in [1.82, 2.24) is 10.3 Å². The van der Waals surface area contributed by atoms with Gasteiger partial charge in [-0.25, -0.2) is 4.39 Å².